The third-order valence-electron chi connectivity index (χ3n) is 11.9. The topological polar surface area (TPSA) is 84.9 Å². The number of furan rings is 1. The van der Waals surface area contributed by atoms with Gasteiger partial charge in [-0.15, -0.1) is 0 Å². The van der Waals surface area contributed by atoms with Gasteiger partial charge in [-0.3, -0.25) is 0 Å². The van der Waals surface area contributed by atoms with E-state index in [1.54, 1.807) is 0 Å². The molecule has 0 aliphatic carbocycles. The van der Waals surface area contributed by atoms with Gasteiger partial charge >= 0.3 is 0 Å². The minimum atomic E-state index is 0.367. The van der Waals surface area contributed by atoms with Crippen molar-refractivity contribution >= 4 is 81.8 Å². The van der Waals surface area contributed by atoms with Crippen LogP contribution in [0.15, 0.2) is 174 Å². The first kappa shape index (κ1) is 31.8. The van der Waals surface area contributed by atoms with Gasteiger partial charge in [-0.2, -0.15) is 5.26 Å². The van der Waals surface area contributed by atoms with E-state index in [4.69, 9.17) is 19.4 Å². The number of benzene rings is 8. The van der Waals surface area contributed by atoms with Crippen molar-refractivity contribution in [3.05, 3.63) is 175 Å². The molecule has 0 aliphatic heterocycles. The third kappa shape index (κ3) is 4.32. The Hall–Kier alpha value is -8.34. The first-order valence-electron chi connectivity index (χ1n) is 19.6. The fraction of sp³-hybridized carbons (Fsp3) is 0. The minimum absolute atomic E-state index is 0.367. The van der Waals surface area contributed by atoms with E-state index in [2.05, 4.69) is 100.0 Å². The van der Waals surface area contributed by atoms with E-state index in [0.29, 0.717) is 39.8 Å². The van der Waals surface area contributed by atoms with E-state index in [1.807, 2.05) is 84.9 Å². The Bertz CT molecular complexity index is 3850. The monoisotopic (exact) mass is 752 g/mol. The quantitative estimate of drug-likeness (QED) is 0.179. The molecule has 0 atom stereocenters. The molecule has 13 rings (SSSR count). The molecule has 0 spiro atoms. The van der Waals surface area contributed by atoms with Gasteiger partial charge in [-0.05, 0) is 36.4 Å². The van der Waals surface area contributed by atoms with Gasteiger partial charge in [-0.25, -0.2) is 15.0 Å². The average Bonchev–Trinajstić information content (AvgIpc) is 4.04. The van der Waals surface area contributed by atoms with E-state index < -0.39 is 0 Å². The largest absolute Gasteiger partial charge is 0.455 e. The van der Waals surface area contributed by atoms with E-state index >= 15 is 0 Å². The molecule has 0 saturated carbocycles. The second-order valence-corrected chi connectivity index (χ2v) is 15.0. The Labute approximate surface area is 335 Å². The number of nitrogens with zero attached hydrogens (tertiary/aromatic N) is 6. The summed E-state index contributed by atoms with van der Waals surface area (Å²) in [6, 6.07) is 60.7. The lowest BCUT2D eigenvalue weighted by atomic mass is 10.00. The maximum Gasteiger partial charge on any atom is 0.169 e. The molecular formula is C52H28N6O. The molecule has 5 aromatic heterocycles. The van der Waals surface area contributed by atoms with Crippen LogP contribution in [0.1, 0.15) is 5.56 Å². The van der Waals surface area contributed by atoms with Crippen molar-refractivity contribution in [2.24, 2.45) is 0 Å². The summed E-state index contributed by atoms with van der Waals surface area (Å²) in [5.74, 6) is 1.39. The molecule has 0 unspecified atom stereocenters. The highest BCUT2D eigenvalue weighted by Gasteiger charge is 2.28. The van der Waals surface area contributed by atoms with Crippen LogP contribution in [0.4, 0.5) is 0 Å². The van der Waals surface area contributed by atoms with Gasteiger partial charge in [0.25, 0.3) is 0 Å². The Balaban J connectivity index is 1.20. The molecule has 0 aliphatic rings. The van der Waals surface area contributed by atoms with Gasteiger partial charge in [0.15, 0.2) is 17.5 Å². The lowest BCUT2D eigenvalue weighted by Gasteiger charge is -2.14. The molecule has 0 fully saturated rings. The van der Waals surface area contributed by atoms with Crippen LogP contribution in [0, 0.1) is 11.3 Å². The number of hydrogen-bond acceptors (Lipinski definition) is 5. The second kappa shape index (κ2) is 11.8. The summed E-state index contributed by atoms with van der Waals surface area (Å²) in [6.45, 7) is 0. The predicted octanol–water partition coefficient (Wildman–Crippen LogP) is 12.9. The summed E-state index contributed by atoms with van der Waals surface area (Å²) in [4.78, 5) is 15.1. The van der Waals surface area contributed by atoms with Crippen LogP contribution in [0.25, 0.3) is 122 Å². The lowest BCUT2D eigenvalue weighted by Crippen LogP contribution is -2.03. The normalized spacial score (nSPS) is 12.1. The first-order chi connectivity index (χ1) is 29.2. The Kier molecular flexibility index (Phi) is 6.38. The highest BCUT2D eigenvalue weighted by Crippen LogP contribution is 2.49. The lowest BCUT2D eigenvalue weighted by molar-refractivity contribution is 0.669. The van der Waals surface area contributed by atoms with E-state index in [-0.39, 0.29) is 0 Å². The molecule has 272 valence electrons. The zero-order valence-corrected chi connectivity index (χ0v) is 31.3. The summed E-state index contributed by atoms with van der Waals surface area (Å²) in [5, 5.41) is 20.1. The molecule has 59 heavy (non-hydrogen) atoms. The smallest absolute Gasteiger partial charge is 0.169 e. The number of rotatable bonds is 4. The highest BCUT2D eigenvalue weighted by atomic mass is 16.3. The van der Waals surface area contributed by atoms with E-state index in [0.717, 1.165) is 44.0 Å². The van der Waals surface area contributed by atoms with E-state index in [1.165, 1.54) is 43.5 Å². The van der Waals surface area contributed by atoms with Crippen molar-refractivity contribution in [3.63, 3.8) is 0 Å². The molecule has 0 saturated heterocycles. The van der Waals surface area contributed by atoms with Crippen molar-refractivity contribution in [1.29, 1.82) is 5.26 Å². The molecule has 7 nitrogen and oxygen atoms in total. The molecule has 0 bridgehead atoms. The number of fused-ring (bicyclic) bond motifs is 13. The van der Waals surface area contributed by atoms with Gasteiger partial charge in [0.2, 0.25) is 0 Å². The second-order valence-electron chi connectivity index (χ2n) is 15.0. The predicted molar refractivity (Wildman–Crippen MR) is 237 cm³/mol. The third-order valence-corrected chi connectivity index (χ3v) is 11.9. The van der Waals surface area contributed by atoms with Crippen molar-refractivity contribution in [2.45, 2.75) is 0 Å². The van der Waals surface area contributed by atoms with Gasteiger partial charge in [0, 0.05) is 48.8 Å². The van der Waals surface area contributed by atoms with Gasteiger partial charge in [-0.1, -0.05) is 133 Å². The van der Waals surface area contributed by atoms with Gasteiger partial charge < -0.3 is 13.4 Å². The van der Waals surface area contributed by atoms with Crippen LogP contribution in [0.3, 0.4) is 0 Å². The fourth-order valence-electron chi connectivity index (χ4n) is 9.51. The van der Waals surface area contributed by atoms with E-state index in [9.17, 15) is 5.26 Å². The minimum Gasteiger partial charge on any atom is -0.455 e. The van der Waals surface area contributed by atoms with Crippen molar-refractivity contribution in [2.75, 3.05) is 0 Å². The SMILES string of the molecule is N#Cc1cc(-n2c3ccccc3c3c4c5ccccc5n5c6ccccc6c(cc32)c45)c2c(oc3ccccc32)c1-c1nc(-c2ccccc2)nc(-c2ccccc2)n1. The summed E-state index contributed by atoms with van der Waals surface area (Å²) in [6.07, 6.45) is 0. The van der Waals surface area contributed by atoms with Crippen LogP contribution in [-0.4, -0.2) is 23.9 Å². The van der Waals surface area contributed by atoms with Crippen molar-refractivity contribution < 1.29 is 4.42 Å². The summed E-state index contributed by atoms with van der Waals surface area (Å²) < 4.78 is 11.6. The zero-order chi connectivity index (χ0) is 38.8. The average molecular weight is 753 g/mol. The first-order valence-corrected chi connectivity index (χ1v) is 19.6. The fourth-order valence-corrected chi connectivity index (χ4v) is 9.51. The van der Waals surface area contributed by atoms with Crippen LogP contribution in [0.5, 0.6) is 0 Å². The van der Waals surface area contributed by atoms with Crippen LogP contribution in [0.2, 0.25) is 0 Å². The van der Waals surface area contributed by atoms with Crippen LogP contribution < -0.4 is 0 Å². The number of aromatic nitrogens is 5. The van der Waals surface area contributed by atoms with Crippen molar-refractivity contribution in [3.8, 4) is 45.9 Å². The zero-order valence-electron chi connectivity index (χ0n) is 31.3. The molecule has 13 aromatic rings. The molecular weight excluding hydrogens is 725 g/mol. The summed E-state index contributed by atoms with van der Waals surface area (Å²) >= 11 is 0. The Morgan fingerprint density at radius 1 is 0.458 bits per heavy atom. The number of hydrogen-bond donors (Lipinski definition) is 0. The Morgan fingerprint density at radius 3 is 1.68 bits per heavy atom. The number of nitriles is 1. The highest BCUT2D eigenvalue weighted by molar-refractivity contribution is 6.36. The molecule has 8 aromatic carbocycles. The van der Waals surface area contributed by atoms with Crippen LogP contribution in [-0.2, 0) is 0 Å². The van der Waals surface area contributed by atoms with Gasteiger partial charge in [0.05, 0.1) is 49.8 Å². The summed E-state index contributed by atoms with van der Waals surface area (Å²) in [7, 11) is 0. The molecule has 0 amide bonds. The number of para-hydroxylation sites is 4. The van der Waals surface area contributed by atoms with Crippen LogP contribution >= 0.6 is 0 Å². The molecule has 7 heteroatoms. The molecule has 0 radical (unpaired) electrons. The maximum absolute atomic E-state index is 11.2. The standard InChI is InChI=1S/C52H28N6O/c53-29-32-27-41(57-39-24-12-8-20-34(39)45-42(57)28-37-33-19-7-11-23-38(33)58-40-25-13-9-21-35(40)47(45)48(37)58)46-36-22-10-14-26-43(36)59-49(46)44(32)52-55-50(30-15-3-1-4-16-30)54-51(56-52)31-17-5-2-6-18-31/h1-28H. The molecule has 0 N–H and O–H groups in total. The Morgan fingerprint density at radius 2 is 1.00 bits per heavy atom. The van der Waals surface area contributed by atoms with Crippen molar-refractivity contribution in [1.82, 2.24) is 23.9 Å². The maximum atomic E-state index is 11.2. The van der Waals surface area contributed by atoms with Gasteiger partial charge in [0.1, 0.15) is 17.2 Å². The summed E-state index contributed by atoms with van der Waals surface area (Å²) in [5.41, 5.74) is 10.4. The molecule has 5 heterocycles.